The van der Waals surface area contributed by atoms with Gasteiger partial charge in [-0.1, -0.05) is 6.07 Å². The van der Waals surface area contributed by atoms with Crippen LogP contribution in [-0.2, 0) is 11.3 Å². The Balaban J connectivity index is 1.57. The van der Waals surface area contributed by atoms with Gasteiger partial charge in [0.2, 0.25) is 0 Å². The van der Waals surface area contributed by atoms with Crippen LogP contribution in [0.3, 0.4) is 0 Å². The van der Waals surface area contributed by atoms with E-state index in [0.717, 1.165) is 39.4 Å². The molecule has 2 aromatic rings. The molecule has 0 spiro atoms. The summed E-state index contributed by atoms with van der Waals surface area (Å²) in [6, 6.07) is 5.22. The number of rotatable bonds is 7. The van der Waals surface area contributed by atoms with Crippen LogP contribution in [-0.4, -0.2) is 47.5 Å². The molecule has 1 aliphatic rings. The fourth-order valence-corrected chi connectivity index (χ4v) is 3.74. The molecule has 0 aliphatic carbocycles. The maximum absolute atomic E-state index is 5.50. The molecule has 1 saturated heterocycles. The van der Waals surface area contributed by atoms with E-state index in [2.05, 4.69) is 52.9 Å². The molecule has 3 heterocycles. The maximum atomic E-state index is 5.50. The van der Waals surface area contributed by atoms with Gasteiger partial charge in [-0.25, -0.2) is 0 Å². The Bertz CT molecular complexity index is 575. The molecule has 1 N–H and O–H groups in total. The van der Waals surface area contributed by atoms with Crippen molar-refractivity contribution in [1.82, 2.24) is 20.0 Å². The molecule has 5 nitrogen and oxygen atoms in total. The first-order valence-electron chi connectivity index (χ1n) is 8.33. The highest BCUT2D eigenvalue weighted by atomic mass is 32.1. The molecule has 126 valence electrons. The number of nitrogens with zero attached hydrogens (tertiary/aromatic N) is 3. The molecule has 1 fully saturated rings. The Labute approximate surface area is 142 Å². The first-order chi connectivity index (χ1) is 11.2. The van der Waals surface area contributed by atoms with Crippen molar-refractivity contribution in [2.45, 2.75) is 32.5 Å². The molecule has 0 aromatic carbocycles. The van der Waals surface area contributed by atoms with Crippen LogP contribution < -0.4 is 5.32 Å². The molecule has 3 rings (SSSR count). The van der Waals surface area contributed by atoms with Crippen LogP contribution in [0.2, 0.25) is 0 Å². The minimum Gasteiger partial charge on any atom is -0.379 e. The van der Waals surface area contributed by atoms with E-state index in [4.69, 9.17) is 4.74 Å². The molecule has 0 bridgehead atoms. The van der Waals surface area contributed by atoms with Crippen LogP contribution in [0.25, 0.3) is 0 Å². The highest BCUT2D eigenvalue weighted by Crippen LogP contribution is 2.25. The van der Waals surface area contributed by atoms with Gasteiger partial charge in [-0.2, -0.15) is 5.10 Å². The molecule has 1 unspecified atom stereocenters. The van der Waals surface area contributed by atoms with Crippen LogP contribution >= 0.6 is 11.3 Å². The van der Waals surface area contributed by atoms with Gasteiger partial charge in [-0.3, -0.25) is 9.58 Å². The summed E-state index contributed by atoms with van der Waals surface area (Å²) in [4.78, 5) is 3.96. The van der Waals surface area contributed by atoms with E-state index in [-0.39, 0.29) is 0 Å². The number of morpholine rings is 1. The second kappa shape index (κ2) is 8.06. The van der Waals surface area contributed by atoms with E-state index in [1.807, 2.05) is 22.2 Å². The highest BCUT2D eigenvalue weighted by Gasteiger charge is 2.23. The molecule has 2 aromatic heterocycles. The lowest BCUT2D eigenvalue weighted by Crippen LogP contribution is -2.42. The average molecular weight is 334 g/mol. The van der Waals surface area contributed by atoms with Gasteiger partial charge >= 0.3 is 0 Å². The Morgan fingerprint density at radius 3 is 2.83 bits per heavy atom. The van der Waals surface area contributed by atoms with Gasteiger partial charge in [0.1, 0.15) is 0 Å². The third-order valence-electron chi connectivity index (χ3n) is 4.21. The van der Waals surface area contributed by atoms with Crippen LogP contribution in [0.4, 0.5) is 0 Å². The Hall–Kier alpha value is -1.21. The SMILES string of the molecule is CC(C)n1cc(CNCC(c2cccs2)N2CCOCC2)cn1. The van der Waals surface area contributed by atoms with Crippen LogP contribution in [0.1, 0.15) is 36.4 Å². The zero-order valence-corrected chi connectivity index (χ0v) is 14.8. The average Bonchev–Trinajstić information content (AvgIpc) is 3.24. The quantitative estimate of drug-likeness (QED) is 0.845. The van der Waals surface area contributed by atoms with Crippen molar-refractivity contribution in [3.8, 4) is 0 Å². The van der Waals surface area contributed by atoms with Crippen molar-refractivity contribution in [3.05, 3.63) is 40.3 Å². The normalized spacial score (nSPS) is 17.7. The number of thiophene rings is 1. The van der Waals surface area contributed by atoms with E-state index in [1.165, 1.54) is 10.4 Å². The fourth-order valence-electron chi connectivity index (χ4n) is 2.88. The summed E-state index contributed by atoms with van der Waals surface area (Å²) in [5.41, 5.74) is 1.24. The number of aromatic nitrogens is 2. The van der Waals surface area contributed by atoms with E-state index in [0.29, 0.717) is 12.1 Å². The first kappa shape index (κ1) is 16.6. The second-order valence-corrected chi connectivity index (χ2v) is 7.21. The van der Waals surface area contributed by atoms with Gasteiger partial charge in [0.05, 0.1) is 25.5 Å². The predicted octanol–water partition coefficient (Wildman–Crippen LogP) is 2.69. The van der Waals surface area contributed by atoms with Gasteiger partial charge in [-0.05, 0) is 25.3 Å². The van der Waals surface area contributed by atoms with Crippen molar-refractivity contribution >= 4 is 11.3 Å². The van der Waals surface area contributed by atoms with E-state index >= 15 is 0 Å². The molecular formula is C17H26N4OS. The van der Waals surface area contributed by atoms with Gasteiger partial charge in [0.25, 0.3) is 0 Å². The third-order valence-corrected chi connectivity index (χ3v) is 5.18. The monoisotopic (exact) mass is 334 g/mol. The summed E-state index contributed by atoms with van der Waals surface area (Å²) in [5.74, 6) is 0. The van der Waals surface area contributed by atoms with Crippen LogP contribution in [0.15, 0.2) is 29.9 Å². The number of ether oxygens (including phenoxy) is 1. The second-order valence-electron chi connectivity index (χ2n) is 6.23. The van der Waals surface area contributed by atoms with Crippen molar-refractivity contribution in [1.29, 1.82) is 0 Å². The van der Waals surface area contributed by atoms with Crippen LogP contribution in [0.5, 0.6) is 0 Å². The smallest absolute Gasteiger partial charge is 0.0594 e. The first-order valence-corrected chi connectivity index (χ1v) is 9.21. The predicted molar refractivity (Wildman–Crippen MR) is 93.8 cm³/mol. The van der Waals surface area contributed by atoms with Crippen molar-refractivity contribution in [2.24, 2.45) is 0 Å². The summed E-state index contributed by atoms with van der Waals surface area (Å²) in [7, 11) is 0. The largest absolute Gasteiger partial charge is 0.379 e. The lowest BCUT2D eigenvalue weighted by atomic mass is 10.2. The summed E-state index contributed by atoms with van der Waals surface area (Å²) in [6.07, 6.45) is 4.09. The zero-order valence-electron chi connectivity index (χ0n) is 13.9. The minimum absolute atomic E-state index is 0.413. The summed E-state index contributed by atoms with van der Waals surface area (Å²) in [5, 5.41) is 10.2. The van der Waals surface area contributed by atoms with Crippen molar-refractivity contribution < 1.29 is 4.74 Å². The Morgan fingerprint density at radius 1 is 1.35 bits per heavy atom. The van der Waals surface area contributed by atoms with Gasteiger partial charge in [0, 0.05) is 48.9 Å². The van der Waals surface area contributed by atoms with Gasteiger partial charge < -0.3 is 10.1 Å². The van der Waals surface area contributed by atoms with E-state index in [9.17, 15) is 0 Å². The van der Waals surface area contributed by atoms with E-state index < -0.39 is 0 Å². The topological polar surface area (TPSA) is 42.3 Å². The summed E-state index contributed by atoms with van der Waals surface area (Å²) >= 11 is 1.84. The molecular weight excluding hydrogens is 308 g/mol. The van der Waals surface area contributed by atoms with Crippen LogP contribution in [0, 0.1) is 0 Å². The van der Waals surface area contributed by atoms with E-state index in [1.54, 1.807) is 0 Å². The number of hydrogen-bond acceptors (Lipinski definition) is 5. The summed E-state index contributed by atoms with van der Waals surface area (Å²) in [6.45, 7) is 9.80. The lowest BCUT2D eigenvalue weighted by Gasteiger charge is -2.34. The Kier molecular flexibility index (Phi) is 5.83. The van der Waals surface area contributed by atoms with Gasteiger partial charge in [0.15, 0.2) is 0 Å². The number of nitrogens with one attached hydrogen (secondary N) is 1. The standard InChI is InChI=1S/C17H26N4OS/c1-14(2)21-13-15(11-19-21)10-18-12-16(17-4-3-9-23-17)20-5-7-22-8-6-20/h3-4,9,11,13-14,16,18H,5-8,10,12H2,1-2H3. The van der Waals surface area contributed by atoms with Crippen molar-refractivity contribution in [2.75, 3.05) is 32.8 Å². The Morgan fingerprint density at radius 2 is 2.17 bits per heavy atom. The molecule has 23 heavy (non-hydrogen) atoms. The molecule has 0 saturated carbocycles. The molecule has 1 atom stereocenters. The zero-order chi connectivity index (χ0) is 16.1. The maximum Gasteiger partial charge on any atom is 0.0594 e. The molecule has 0 radical (unpaired) electrons. The molecule has 1 aliphatic heterocycles. The summed E-state index contributed by atoms with van der Waals surface area (Å²) < 4.78 is 7.51. The minimum atomic E-state index is 0.413. The fraction of sp³-hybridized carbons (Fsp3) is 0.588. The molecule has 6 heteroatoms. The van der Waals surface area contributed by atoms with Gasteiger partial charge in [-0.15, -0.1) is 11.3 Å². The lowest BCUT2D eigenvalue weighted by molar-refractivity contribution is 0.0168. The molecule has 0 amide bonds. The third kappa shape index (κ3) is 4.41. The number of hydrogen-bond donors (Lipinski definition) is 1. The highest BCUT2D eigenvalue weighted by molar-refractivity contribution is 7.10. The van der Waals surface area contributed by atoms with Crippen molar-refractivity contribution in [3.63, 3.8) is 0 Å².